The van der Waals surface area contributed by atoms with E-state index in [1.165, 1.54) is 70.6 Å². The van der Waals surface area contributed by atoms with Gasteiger partial charge in [0.05, 0.1) is 11.7 Å². The minimum atomic E-state index is -1.75. The summed E-state index contributed by atoms with van der Waals surface area (Å²) in [5.74, 6) is 1.06. The van der Waals surface area contributed by atoms with E-state index < -0.39 is 19.5 Å². The maximum absolute atomic E-state index is 10.6. The van der Waals surface area contributed by atoms with Crippen molar-refractivity contribution < 1.29 is 65.9 Å². The van der Waals surface area contributed by atoms with Gasteiger partial charge in [-0.1, -0.05) is 103 Å². The van der Waals surface area contributed by atoms with Crippen LogP contribution in [0.2, 0.25) is 0 Å². The number of ether oxygens (including phenoxy) is 4. The number of hydrogen-bond donors (Lipinski definition) is 5. The molecule has 1 atom stereocenters. The van der Waals surface area contributed by atoms with Gasteiger partial charge in [-0.25, -0.2) is 0 Å². The van der Waals surface area contributed by atoms with Crippen molar-refractivity contribution in [2.24, 2.45) is 0 Å². The van der Waals surface area contributed by atoms with E-state index in [0.717, 1.165) is 110 Å². The van der Waals surface area contributed by atoms with Gasteiger partial charge in [0.15, 0.2) is 11.5 Å². The molecule has 5 N–H and O–H groups in total. The third-order valence-electron chi connectivity index (χ3n) is 8.88. The molecule has 0 spiro atoms. The van der Waals surface area contributed by atoms with Gasteiger partial charge >= 0.3 is 26.5 Å². The van der Waals surface area contributed by atoms with Crippen molar-refractivity contribution in [1.82, 2.24) is 0 Å². The number of aromatic hydroxyl groups is 2. The number of benzene rings is 1. The first-order valence-electron chi connectivity index (χ1n) is 19.4. The molecule has 1 aromatic rings. The summed E-state index contributed by atoms with van der Waals surface area (Å²) in [5.41, 5.74) is 0.455. The number of aliphatic hydroxyl groups is 2. The standard InChI is InChI=1S/C38H68O8.H2O.O.Ti/c39-25-17-9-1-2-11-19-27-43-28-20-12-3-4-13-21-29-44-30-22-14-5-6-15-23-31-45-34(24-16-8-7-10-18-26-40)36-33(41)32-35-38(46-35)37(36)42;;;/h32,34,39-42H,1-31H2;1H2;;/q;;;+1/p-1. The molecule has 0 bridgehead atoms. The van der Waals surface area contributed by atoms with Gasteiger partial charge in [-0.2, -0.15) is 0 Å². The van der Waals surface area contributed by atoms with Crippen LogP contribution in [0.15, 0.2) is 6.07 Å². The molecule has 0 aliphatic carbocycles. The second-order valence-corrected chi connectivity index (χ2v) is 13.4. The van der Waals surface area contributed by atoms with Crippen molar-refractivity contribution in [3.63, 3.8) is 0 Å². The second kappa shape index (κ2) is 34.0. The van der Waals surface area contributed by atoms with Gasteiger partial charge in [-0.3, -0.25) is 0 Å². The Balaban J connectivity index is 0.00000385. The predicted octanol–water partition coefficient (Wildman–Crippen LogP) is 8.96. The average molecular weight is 734 g/mol. The van der Waals surface area contributed by atoms with E-state index in [1.807, 2.05) is 0 Å². The van der Waals surface area contributed by atoms with Crippen molar-refractivity contribution in [2.75, 3.05) is 46.2 Å². The summed E-state index contributed by atoms with van der Waals surface area (Å²) in [5, 5.41) is 38.8. The number of phenolic OH excluding ortho intramolecular Hbond substituents is 2. The van der Waals surface area contributed by atoms with Crippen LogP contribution in [-0.4, -0.2) is 70.4 Å². The average Bonchev–Trinajstić information content (AvgIpc) is 3.87. The number of aliphatic hydroxyl groups excluding tert-OH is 2. The molecule has 1 unspecified atom stereocenters. The van der Waals surface area contributed by atoms with Gasteiger partial charge in [-0.05, 0) is 51.4 Å². The molecular weight excluding hydrogens is 664 g/mol. The van der Waals surface area contributed by atoms with E-state index in [1.54, 1.807) is 6.07 Å². The predicted molar refractivity (Wildman–Crippen MR) is 188 cm³/mol. The fraction of sp³-hybridized carbons (Fsp3) is 0.842. The van der Waals surface area contributed by atoms with Gasteiger partial charge in [0.1, 0.15) is 5.75 Å². The zero-order valence-corrected chi connectivity index (χ0v) is 31.9. The van der Waals surface area contributed by atoms with Gasteiger partial charge in [0.2, 0.25) is 5.75 Å². The number of rotatable bonds is 35. The summed E-state index contributed by atoms with van der Waals surface area (Å²) in [7, 11) is 0. The third kappa shape index (κ3) is 25.5. The molecule has 285 valence electrons. The Morgan fingerprint density at radius 2 is 0.939 bits per heavy atom. The van der Waals surface area contributed by atoms with Crippen LogP contribution in [0.25, 0.3) is 0 Å². The Morgan fingerprint density at radius 1 is 0.571 bits per heavy atom. The van der Waals surface area contributed by atoms with Gasteiger partial charge in [0, 0.05) is 52.3 Å². The second-order valence-electron chi connectivity index (χ2n) is 13.1. The van der Waals surface area contributed by atoms with Crippen LogP contribution >= 0.6 is 0 Å². The molecule has 0 fully saturated rings. The van der Waals surface area contributed by atoms with Crippen molar-refractivity contribution in [3.8, 4) is 23.0 Å². The Hall–Kier alpha value is -1.11. The quantitative estimate of drug-likeness (QED) is 0.0263. The number of unbranched alkanes of at least 4 members (excludes halogenated alkanes) is 19. The van der Waals surface area contributed by atoms with E-state index in [4.69, 9.17) is 36.2 Å². The van der Waals surface area contributed by atoms with Crippen LogP contribution in [0.5, 0.6) is 23.0 Å². The van der Waals surface area contributed by atoms with Crippen LogP contribution in [0.4, 0.5) is 0 Å². The molecule has 0 saturated heterocycles. The summed E-state index contributed by atoms with van der Waals surface area (Å²) in [6, 6.07) is 1.57. The summed E-state index contributed by atoms with van der Waals surface area (Å²) in [6.07, 6.45) is 26.5. The van der Waals surface area contributed by atoms with Crippen LogP contribution in [0.1, 0.15) is 166 Å². The molecule has 0 radical (unpaired) electrons. The molecule has 1 heterocycles. The molecule has 11 heteroatoms. The molecule has 0 aromatic heterocycles. The van der Waals surface area contributed by atoms with Gasteiger partial charge in [0.25, 0.3) is 0 Å². The Kier molecular flexibility index (Phi) is 31.9. The molecule has 1 aromatic carbocycles. The molecule has 49 heavy (non-hydrogen) atoms. The topological polar surface area (TPSA) is 158 Å². The summed E-state index contributed by atoms with van der Waals surface area (Å²) in [4.78, 5) is 0. The summed E-state index contributed by atoms with van der Waals surface area (Å²) >= 11 is -1.75. The Morgan fingerprint density at radius 3 is 1.37 bits per heavy atom. The van der Waals surface area contributed by atoms with Crippen LogP contribution < -0.4 is 4.74 Å². The first-order chi connectivity index (χ1) is 24.1. The molecule has 1 aliphatic rings. The first-order valence-corrected chi connectivity index (χ1v) is 20.7. The molecular formula is C38H69O10Ti. The van der Waals surface area contributed by atoms with Crippen molar-refractivity contribution in [2.45, 2.75) is 160 Å². The van der Waals surface area contributed by atoms with Gasteiger partial charge in [-0.15, -0.1) is 0 Å². The summed E-state index contributed by atoms with van der Waals surface area (Å²) < 4.78 is 38.8. The fourth-order valence-corrected chi connectivity index (χ4v) is 5.97. The van der Waals surface area contributed by atoms with Crippen molar-refractivity contribution in [1.29, 1.82) is 0 Å². The van der Waals surface area contributed by atoms with E-state index in [-0.39, 0.29) is 24.2 Å². The minimum absolute atomic E-state index is 0.0170. The molecule has 10 nitrogen and oxygen atoms in total. The van der Waals surface area contributed by atoms with E-state index in [0.29, 0.717) is 30.3 Å². The number of hydrogen-bond acceptors (Lipinski definition) is 9. The zero-order valence-electron chi connectivity index (χ0n) is 30.4. The maximum atomic E-state index is 10.6. The monoisotopic (exact) mass is 733 g/mol. The van der Waals surface area contributed by atoms with Crippen molar-refractivity contribution >= 4 is 0 Å². The Labute approximate surface area is 306 Å². The normalized spacial score (nSPS) is 12.1. The van der Waals surface area contributed by atoms with Gasteiger partial charge < -0.3 is 39.4 Å². The van der Waals surface area contributed by atoms with Crippen LogP contribution in [0.3, 0.4) is 0 Å². The number of phenols is 2. The fourth-order valence-electron chi connectivity index (χ4n) is 5.97. The van der Waals surface area contributed by atoms with Crippen molar-refractivity contribution in [3.05, 3.63) is 11.6 Å². The van der Waals surface area contributed by atoms with E-state index >= 15 is 0 Å². The third-order valence-corrected chi connectivity index (χ3v) is 8.88. The molecule has 0 saturated carbocycles. The first kappa shape index (κ1) is 45.9. The van der Waals surface area contributed by atoms with E-state index in [2.05, 4.69) is 0 Å². The molecule has 0 amide bonds. The summed E-state index contributed by atoms with van der Waals surface area (Å²) in [6.45, 7) is 4.72. The molecule has 1 aliphatic heterocycles. The van der Waals surface area contributed by atoms with Crippen LogP contribution in [-0.2, 0) is 37.0 Å². The Bertz CT molecular complexity index is 904. The van der Waals surface area contributed by atoms with Crippen LogP contribution in [0, 0.1) is 0 Å². The SMILES string of the molecule is OCCCCCCCCOCCCCCCCCOCCCCCCCCOC(CCCCCCCO)c1c(O)cc2c(c1O)O2.[O]=[Ti][OH]. The number of fused-ring (bicyclic) bond motifs is 1. The molecule has 2 rings (SSSR count). The van der Waals surface area contributed by atoms with E-state index in [9.17, 15) is 10.2 Å². The zero-order chi connectivity index (χ0) is 35.6.